The SMILES string of the molecule is O=C(O)O.O=S(O)O.[H-].[Na+]. The zero-order valence-corrected chi connectivity index (χ0v) is 7.33. The van der Waals surface area contributed by atoms with Crippen molar-refractivity contribution in [2.45, 2.75) is 0 Å². The van der Waals surface area contributed by atoms with Crippen LogP contribution in [0, 0.1) is 0 Å². The van der Waals surface area contributed by atoms with E-state index in [1.165, 1.54) is 0 Å². The summed E-state index contributed by atoms with van der Waals surface area (Å²) in [6.45, 7) is 0. The molecule has 0 fully saturated rings. The Bertz CT molecular complexity index is 75.7. The summed E-state index contributed by atoms with van der Waals surface area (Å²) in [7, 11) is 0. The maximum atomic E-state index is 8.67. The summed E-state index contributed by atoms with van der Waals surface area (Å²) in [5, 5.41) is 13.9. The molecule has 0 saturated heterocycles. The molecule has 8 heteroatoms. The van der Waals surface area contributed by atoms with E-state index in [-0.39, 0.29) is 31.0 Å². The minimum atomic E-state index is -2.61. The van der Waals surface area contributed by atoms with Crippen LogP contribution >= 0.6 is 0 Å². The van der Waals surface area contributed by atoms with E-state index in [4.69, 9.17) is 28.3 Å². The van der Waals surface area contributed by atoms with E-state index >= 15 is 0 Å². The summed E-state index contributed by atoms with van der Waals surface area (Å²) >= 11 is -2.61. The van der Waals surface area contributed by atoms with Crippen LogP contribution < -0.4 is 29.6 Å². The third-order valence-electron chi connectivity index (χ3n) is 0. The van der Waals surface area contributed by atoms with Crippen molar-refractivity contribution >= 4 is 17.5 Å². The molecule has 9 heavy (non-hydrogen) atoms. The van der Waals surface area contributed by atoms with Gasteiger partial charge < -0.3 is 11.6 Å². The van der Waals surface area contributed by atoms with Crippen LogP contribution in [-0.2, 0) is 11.4 Å². The molecule has 0 aliphatic carbocycles. The van der Waals surface area contributed by atoms with E-state index < -0.39 is 17.5 Å². The third kappa shape index (κ3) is 2900. The maximum Gasteiger partial charge on any atom is 1.00 e. The second-order valence-electron chi connectivity index (χ2n) is 0.513. The second kappa shape index (κ2) is 11.2. The Kier molecular flexibility index (Phi) is 20.1. The first-order valence-electron chi connectivity index (χ1n) is 1.18. The first kappa shape index (κ1) is 16.2. The monoisotopic (exact) mass is 168 g/mol. The van der Waals surface area contributed by atoms with Gasteiger partial charge in [0, 0.05) is 0 Å². The van der Waals surface area contributed by atoms with Gasteiger partial charge in [0.1, 0.15) is 0 Å². The first-order chi connectivity index (χ1) is 3.46. The molecular weight excluding hydrogens is 163 g/mol. The predicted molar refractivity (Wildman–Crippen MR) is 25.2 cm³/mol. The van der Waals surface area contributed by atoms with Crippen molar-refractivity contribution in [3.8, 4) is 0 Å². The van der Waals surface area contributed by atoms with Crippen LogP contribution in [0.2, 0.25) is 0 Å². The fraction of sp³-hybridized carbons (Fsp3) is 0. The van der Waals surface area contributed by atoms with Gasteiger partial charge in [-0.15, -0.1) is 0 Å². The van der Waals surface area contributed by atoms with E-state index in [1.54, 1.807) is 0 Å². The summed E-state index contributed by atoms with van der Waals surface area (Å²) in [6.07, 6.45) is -1.83. The van der Waals surface area contributed by atoms with Gasteiger partial charge in [0.25, 0.3) is 11.4 Å². The third-order valence-corrected chi connectivity index (χ3v) is 0. The molecule has 0 atom stereocenters. The Hall–Kier alpha value is 0.340. The van der Waals surface area contributed by atoms with Crippen molar-refractivity contribution in [2.24, 2.45) is 0 Å². The summed E-state index contributed by atoms with van der Waals surface area (Å²) in [5.41, 5.74) is 0. The number of rotatable bonds is 0. The molecule has 4 N–H and O–H groups in total. The van der Waals surface area contributed by atoms with Crippen molar-refractivity contribution in [2.75, 3.05) is 0 Å². The van der Waals surface area contributed by atoms with Crippen molar-refractivity contribution in [3.05, 3.63) is 0 Å². The fourth-order valence-electron chi connectivity index (χ4n) is 0. The topological polar surface area (TPSA) is 115 Å². The summed E-state index contributed by atoms with van der Waals surface area (Å²) in [6, 6.07) is 0. The van der Waals surface area contributed by atoms with Gasteiger partial charge in [0.2, 0.25) is 0 Å². The van der Waals surface area contributed by atoms with Crippen LogP contribution in [0.1, 0.15) is 1.43 Å². The van der Waals surface area contributed by atoms with Gasteiger partial charge in [0.05, 0.1) is 0 Å². The molecule has 0 aromatic carbocycles. The average Bonchev–Trinajstić information content (AvgIpc) is 1.25. The van der Waals surface area contributed by atoms with Crippen LogP contribution in [0.4, 0.5) is 4.79 Å². The van der Waals surface area contributed by atoms with Gasteiger partial charge in [-0.3, -0.25) is 9.11 Å². The van der Waals surface area contributed by atoms with Crippen LogP contribution in [0.5, 0.6) is 0 Å². The van der Waals surface area contributed by atoms with Gasteiger partial charge in [-0.1, -0.05) is 0 Å². The maximum absolute atomic E-state index is 8.67. The van der Waals surface area contributed by atoms with Gasteiger partial charge in [-0.05, 0) is 0 Å². The first-order valence-corrected chi connectivity index (χ1v) is 2.25. The molecule has 0 aromatic rings. The second-order valence-corrected chi connectivity index (χ2v) is 0.975. The molecule has 6 nitrogen and oxygen atoms in total. The van der Waals surface area contributed by atoms with Gasteiger partial charge in [-0.25, -0.2) is 4.79 Å². The van der Waals surface area contributed by atoms with E-state index in [1.807, 2.05) is 0 Å². The standard InChI is InChI=1S/CH2O3.Na.H2O3S.H/c2-1(3)4;;1-4(2)3;/h(H2,2,3,4);;(H2,1,2,3);/q;+1;;-1. The molecule has 0 aliphatic heterocycles. The average molecular weight is 168 g/mol. The number of carbonyl (C=O) groups is 1. The molecule has 0 unspecified atom stereocenters. The number of carboxylic acid groups (broad SMARTS) is 2. The minimum absolute atomic E-state index is 0. The molecular formula is CH5NaO6S. The van der Waals surface area contributed by atoms with E-state index in [0.29, 0.717) is 0 Å². The Labute approximate surface area is 76.8 Å². The Morgan fingerprint density at radius 2 is 1.33 bits per heavy atom. The molecule has 0 aromatic heterocycles. The molecule has 0 aliphatic rings. The van der Waals surface area contributed by atoms with Gasteiger partial charge in [0.15, 0.2) is 0 Å². The smallest absolute Gasteiger partial charge is 1.00 e. The molecule has 52 valence electrons. The van der Waals surface area contributed by atoms with Crippen molar-refractivity contribution in [1.82, 2.24) is 0 Å². The van der Waals surface area contributed by atoms with Crippen molar-refractivity contribution < 1.29 is 59.3 Å². The molecule has 0 saturated carbocycles. The van der Waals surface area contributed by atoms with Gasteiger partial charge in [-0.2, -0.15) is 4.21 Å². The van der Waals surface area contributed by atoms with Crippen molar-refractivity contribution in [1.29, 1.82) is 0 Å². The normalized spacial score (nSPS) is 6.56. The van der Waals surface area contributed by atoms with E-state index in [9.17, 15) is 0 Å². The molecule has 0 spiro atoms. The summed E-state index contributed by atoms with van der Waals surface area (Å²) in [5.74, 6) is 0. The summed E-state index contributed by atoms with van der Waals surface area (Å²) < 4.78 is 22.8. The van der Waals surface area contributed by atoms with Crippen LogP contribution in [0.25, 0.3) is 0 Å². The number of hydrogen-bond acceptors (Lipinski definition) is 2. The van der Waals surface area contributed by atoms with Crippen LogP contribution in [0.3, 0.4) is 0 Å². The molecule has 0 radical (unpaired) electrons. The molecule has 0 bridgehead atoms. The predicted octanol–water partition coefficient (Wildman–Crippen LogP) is -2.98. The van der Waals surface area contributed by atoms with Crippen LogP contribution in [-0.4, -0.2) is 29.7 Å². The van der Waals surface area contributed by atoms with E-state index in [2.05, 4.69) is 0 Å². The Morgan fingerprint density at radius 1 is 1.33 bits per heavy atom. The molecule has 0 heterocycles. The minimum Gasteiger partial charge on any atom is -1.00 e. The fourth-order valence-corrected chi connectivity index (χ4v) is 0. The van der Waals surface area contributed by atoms with Crippen LogP contribution in [0.15, 0.2) is 0 Å². The largest absolute Gasteiger partial charge is 1.00 e. The van der Waals surface area contributed by atoms with Gasteiger partial charge >= 0.3 is 35.7 Å². The molecule has 0 amide bonds. The number of hydrogen-bond donors (Lipinski definition) is 4. The zero-order chi connectivity index (χ0) is 7.15. The van der Waals surface area contributed by atoms with E-state index in [0.717, 1.165) is 0 Å². The quantitative estimate of drug-likeness (QED) is 0.226. The molecule has 0 rings (SSSR count). The Balaban J connectivity index is -0.0000000300. The summed E-state index contributed by atoms with van der Waals surface area (Å²) in [4.78, 5) is 8.56. The Morgan fingerprint density at radius 3 is 1.33 bits per heavy atom. The van der Waals surface area contributed by atoms with Crippen molar-refractivity contribution in [3.63, 3.8) is 0 Å². The zero-order valence-electron chi connectivity index (χ0n) is 5.51.